The molecule has 0 spiro atoms. The van der Waals surface area contributed by atoms with E-state index in [0.717, 1.165) is 93.9 Å². The summed E-state index contributed by atoms with van der Waals surface area (Å²) >= 11 is 0. The summed E-state index contributed by atoms with van der Waals surface area (Å²) in [6, 6.07) is 24.2. The van der Waals surface area contributed by atoms with Crippen molar-refractivity contribution in [3.8, 4) is 23.0 Å². The minimum Gasteiger partial charge on any atom is -0.454 e. The topological polar surface area (TPSA) is 111 Å². The molecule has 8 rings (SSSR count). The number of fused-ring (bicyclic) bond motifs is 2. The number of rotatable bonds is 13. The lowest BCUT2D eigenvalue weighted by Gasteiger charge is -2.47. The monoisotopic (exact) mass is 791 g/mol. The lowest BCUT2D eigenvalue weighted by Crippen LogP contribution is -2.65. The summed E-state index contributed by atoms with van der Waals surface area (Å²) in [5.74, 6) is 2.97. The molecule has 0 bridgehead atoms. The average molecular weight is 792 g/mol. The highest BCUT2D eigenvalue weighted by Gasteiger charge is 2.40. The molecule has 2 unspecified atom stereocenters. The molecule has 1 amide bonds. The van der Waals surface area contributed by atoms with E-state index in [4.69, 9.17) is 18.9 Å². The fourth-order valence-corrected chi connectivity index (χ4v) is 9.09. The molecule has 0 aromatic heterocycles. The van der Waals surface area contributed by atoms with Crippen molar-refractivity contribution in [3.63, 3.8) is 0 Å². The quantitative estimate of drug-likeness (QED) is 0.195. The summed E-state index contributed by atoms with van der Waals surface area (Å²) in [6.45, 7) is 15.6. The minimum absolute atomic E-state index is 0.0439. The maximum absolute atomic E-state index is 15.6. The Morgan fingerprint density at radius 1 is 0.569 bits per heavy atom. The molecule has 4 aromatic carbocycles. The standard InChI is InChI=1S/C46H57N5O7/c1-31-7-5-8-32(2)43(31)51(44-33(3)9-6-10-34(44)4)46(54)45(49-19-15-47(16-20-49)27-37(52)23-35-11-13-39-41(25-35)57-29-55-39)50-21-17-48(18-22-50)28-38(53)24-36-12-14-40-42(26-36)58-30-56-40/h5-14,25-26,37-38,45,52-53H,15-24,27-30H2,1-4H3. The van der Waals surface area contributed by atoms with Crippen LogP contribution in [0.1, 0.15) is 33.4 Å². The van der Waals surface area contributed by atoms with Gasteiger partial charge < -0.3 is 29.2 Å². The van der Waals surface area contributed by atoms with Gasteiger partial charge in [-0.1, -0.05) is 48.5 Å². The van der Waals surface area contributed by atoms with Crippen molar-refractivity contribution in [3.05, 3.63) is 106 Å². The molecule has 0 aliphatic carbocycles. The fraction of sp³-hybridized carbons (Fsp3) is 0.457. The first kappa shape index (κ1) is 40.1. The number of piperazine rings is 2. The third-order valence-electron chi connectivity index (χ3n) is 12.0. The van der Waals surface area contributed by atoms with Gasteiger partial charge in [-0.25, -0.2) is 0 Å². The zero-order valence-corrected chi connectivity index (χ0v) is 34.2. The van der Waals surface area contributed by atoms with Gasteiger partial charge in [0, 0.05) is 65.4 Å². The molecule has 4 aromatic rings. The first-order chi connectivity index (χ1) is 28.1. The van der Waals surface area contributed by atoms with Gasteiger partial charge in [-0.2, -0.15) is 0 Å². The van der Waals surface area contributed by atoms with E-state index in [1.165, 1.54) is 0 Å². The number of ether oxygens (including phenoxy) is 4. The Bertz CT molecular complexity index is 1900. The zero-order chi connectivity index (χ0) is 40.3. The normalized spacial score (nSPS) is 18.9. The number of hydrogen-bond donors (Lipinski definition) is 2. The molecule has 58 heavy (non-hydrogen) atoms. The molecule has 2 atom stereocenters. The van der Waals surface area contributed by atoms with Crippen molar-refractivity contribution in [2.45, 2.75) is 58.9 Å². The molecule has 4 aliphatic heterocycles. The number of benzene rings is 4. The second-order valence-corrected chi connectivity index (χ2v) is 16.3. The number of aliphatic hydroxyl groups is 2. The minimum atomic E-state index is -0.540. The van der Waals surface area contributed by atoms with E-state index in [9.17, 15) is 10.2 Å². The van der Waals surface area contributed by atoms with Crippen LogP contribution in [0.3, 0.4) is 0 Å². The zero-order valence-electron chi connectivity index (χ0n) is 34.2. The van der Waals surface area contributed by atoms with Crippen LogP contribution in [-0.4, -0.2) is 133 Å². The highest BCUT2D eigenvalue weighted by molar-refractivity contribution is 6.05. The smallest absolute Gasteiger partial charge is 0.263 e. The third-order valence-corrected chi connectivity index (χ3v) is 12.0. The van der Waals surface area contributed by atoms with Gasteiger partial charge in [0.1, 0.15) is 6.17 Å². The van der Waals surface area contributed by atoms with E-state index in [1.807, 2.05) is 41.3 Å². The van der Waals surface area contributed by atoms with Crippen LogP contribution >= 0.6 is 0 Å². The van der Waals surface area contributed by atoms with Crippen LogP contribution in [0.15, 0.2) is 72.8 Å². The van der Waals surface area contributed by atoms with Gasteiger partial charge in [-0.15, -0.1) is 0 Å². The van der Waals surface area contributed by atoms with Crippen LogP contribution in [0.25, 0.3) is 0 Å². The predicted octanol–water partition coefficient (Wildman–Crippen LogP) is 4.81. The molecular formula is C46H57N5O7. The Hall–Kier alpha value is -4.69. The summed E-state index contributed by atoms with van der Waals surface area (Å²) < 4.78 is 22.0. The van der Waals surface area contributed by atoms with Crippen molar-refractivity contribution in [1.29, 1.82) is 0 Å². The van der Waals surface area contributed by atoms with Gasteiger partial charge >= 0.3 is 0 Å². The molecule has 2 N–H and O–H groups in total. The van der Waals surface area contributed by atoms with Gasteiger partial charge in [-0.3, -0.25) is 29.3 Å². The Balaban J connectivity index is 0.991. The van der Waals surface area contributed by atoms with Crippen molar-refractivity contribution in [2.24, 2.45) is 0 Å². The van der Waals surface area contributed by atoms with Crippen LogP contribution in [0.2, 0.25) is 0 Å². The van der Waals surface area contributed by atoms with E-state index in [2.05, 4.69) is 83.7 Å². The van der Waals surface area contributed by atoms with Crippen LogP contribution in [0.5, 0.6) is 23.0 Å². The maximum atomic E-state index is 15.6. The lowest BCUT2D eigenvalue weighted by atomic mass is 10.0. The lowest BCUT2D eigenvalue weighted by molar-refractivity contribution is -0.133. The second kappa shape index (κ2) is 17.7. The highest BCUT2D eigenvalue weighted by Crippen LogP contribution is 2.38. The van der Waals surface area contributed by atoms with Crippen LogP contribution < -0.4 is 23.8 Å². The first-order valence-electron chi connectivity index (χ1n) is 20.6. The van der Waals surface area contributed by atoms with Crippen molar-refractivity contribution < 1.29 is 34.0 Å². The molecule has 2 fully saturated rings. The number of hydrogen-bond acceptors (Lipinski definition) is 11. The molecule has 0 saturated carbocycles. The molecule has 0 radical (unpaired) electrons. The Morgan fingerprint density at radius 2 is 0.948 bits per heavy atom. The summed E-state index contributed by atoms with van der Waals surface area (Å²) in [4.78, 5) is 27.0. The van der Waals surface area contributed by atoms with E-state index in [0.29, 0.717) is 52.1 Å². The van der Waals surface area contributed by atoms with Crippen LogP contribution in [0.4, 0.5) is 11.4 Å². The number of amides is 1. The summed E-state index contributed by atoms with van der Waals surface area (Å²) in [7, 11) is 0. The summed E-state index contributed by atoms with van der Waals surface area (Å²) in [6.07, 6.45) is -0.537. The Labute approximate surface area is 342 Å². The largest absolute Gasteiger partial charge is 0.454 e. The van der Waals surface area contributed by atoms with Gasteiger partial charge in [-0.05, 0) is 98.2 Å². The molecule has 12 heteroatoms. The van der Waals surface area contributed by atoms with Crippen LogP contribution in [0, 0.1) is 27.7 Å². The van der Waals surface area contributed by atoms with Crippen LogP contribution in [-0.2, 0) is 17.6 Å². The second-order valence-electron chi connectivity index (χ2n) is 16.3. The number of carbonyl (C=O) groups excluding carboxylic acids is 1. The molecule has 4 aliphatic rings. The molecule has 12 nitrogen and oxygen atoms in total. The summed E-state index contributed by atoms with van der Waals surface area (Å²) in [5.41, 5.74) is 8.11. The SMILES string of the molecule is Cc1cccc(C)c1N(C(=O)C(N1CCN(CC(O)Cc2ccc3c(c2)OCO3)CC1)N1CCN(CC(O)Cc2ccc3c(c2)OCO3)CC1)c1c(C)cccc1C. The third kappa shape index (κ3) is 8.83. The van der Waals surface area contributed by atoms with E-state index in [-0.39, 0.29) is 19.5 Å². The first-order valence-corrected chi connectivity index (χ1v) is 20.6. The number of carbonyl (C=O) groups is 1. The van der Waals surface area contributed by atoms with Crippen molar-refractivity contribution in [2.75, 3.05) is 83.9 Å². The highest BCUT2D eigenvalue weighted by atomic mass is 16.7. The number of para-hydroxylation sites is 2. The predicted molar refractivity (Wildman–Crippen MR) is 223 cm³/mol. The van der Waals surface area contributed by atoms with Gasteiger partial charge in [0.2, 0.25) is 13.6 Å². The molecule has 308 valence electrons. The van der Waals surface area contributed by atoms with Crippen molar-refractivity contribution >= 4 is 17.3 Å². The molecule has 2 saturated heterocycles. The van der Waals surface area contributed by atoms with Gasteiger partial charge in [0.05, 0.1) is 23.6 Å². The molecular weight excluding hydrogens is 735 g/mol. The Morgan fingerprint density at radius 3 is 1.34 bits per heavy atom. The number of anilines is 2. The Kier molecular flexibility index (Phi) is 12.2. The molecule has 4 heterocycles. The fourth-order valence-electron chi connectivity index (χ4n) is 9.09. The van der Waals surface area contributed by atoms with E-state index < -0.39 is 18.4 Å². The average Bonchev–Trinajstić information content (AvgIpc) is 3.88. The number of nitrogens with zero attached hydrogens (tertiary/aromatic N) is 5. The maximum Gasteiger partial charge on any atom is 0.263 e. The van der Waals surface area contributed by atoms with Crippen molar-refractivity contribution in [1.82, 2.24) is 19.6 Å². The summed E-state index contributed by atoms with van der Waals surface area (Å²) in [5, 5.41) is 22.4. The van der Waals surface area contributed by atoms with E-state index in [1.54, 1.807) is 0 Å². The van der Waals surface area contributed by atoms with Gasteiger partial charge in [0.25, 0.3) is 5.91 Å². The number of β-amino-alcohol motifs (C(OH)–C–C–N with tert-alkyl or cyclic N) is 2. The van der Waals surface area contributed by atoms with Gasteiger partial charge in [0.15, 0.2) is 23.0 Å². The van der Waals surface area contributed by atoms with E-state index >= 15 is 4.79 Å². The number of aryl methyl sites for hydroxylation is 4. The number of aliphatic hydroxyl groups excluding tert-OH is 2.